The predicted octanol–water partition coefficient (Wildman–Crippen LogP) is 1.43. The molecule has 1 aromatic carbocycles. The fourth-order valence-electron chi connectivity index (χ4n) is 2.72. The molecule has 1 unspecified atom stereocenters. The van der Waals surface area contributed by atoms with Crippen molar-refractivity contribution in [2.75, 3.05) is 37.8 Å². The summed E-state index contributed by atoms with van der Waals surface area (Å²) in [5, 5.41) is 3.11. The van der Waals surface area contributed by atoms with E-state index in [9.17, 15) is 14.0 Å². The summed E-state index contributed by atoms with van der Waals surface area (Å²) in [7, 11) is 0. The minimum absolute atomic E-state index is 0.0607. The van der Waals surface area contributed by atoms with Gasteiger partial charge in [-0.15, -0.1) is 11.8 Å². The first-order valence-electron chi connectivity index (χ1n) is 7.40. The van der Waals surface area contributed by atoms with Gasteiger partial charge in [0.05, 0.1) is 11.1 Å². The lowest BCUT2D eigenvalue weighted by atomic mass is 10.1. The average Bonchev–Trinajstić information content (AvgIpc) is 3.11. The van der Waals surface area contributed by atoms with Crippen LogP contribution >= 0.6 is 23.4 Å². The van der Waals surface area contributed by atoms with E-state index >= 15 is 0 Å². The quantitative estimate of drug-likeness (QED) is 0.870. The number of hydrogen-bond donors (Lipinski definition) is 1. The van der Waals surface area contributed by atoms with Gasteiger partial charge in [-0.1, -0.05) is 11.6 Å². The molecule has 2 heterocycles. The van der Waals surface area contributed by atoms with Crippen LogP contribution in [0.4, 0.5) is 4.39 Å². The Hall–Kier alpha value is -1.31. The topological polar surface area (TPSA) is 52.7 Å². The fraction of sp³-hybridized carbons (Fsp3) is 0.467. The number of benzene rings is 1. The van der Waals surface area contributed by atoms with Gasteiger partial charge in [-0.25, -0.2) is 4.39 Å². The molecule has 0 aliphatic carbocycles. The van der Waals surface area contributed by atoms with Gasteiger partial charge in [0.15, 0.2) is 0 Å². The van der Waals surface area contributed by atoms with Crippen molar-refractivity contribution in [1.29, 1.82) is 0 Å². The zero-order chi connectivity index (χ0) is 16.4. The molecule has 0 saturated carbocycles. The maximum Gasteiger partial charge on any atom is 0.254 e. The third kappa shape index (κ3) is 3.62. The highest BCUT2D eigenvalue weighted by molar-refractivity contribution is 7.99. The van der Waals surface area contributed by atoms with E-state index < -0.39 is 5.82 Å². The van der Waals surface area contributed by atoms with Crippen molar-refractivity contribution in [2.24, 2.45) is 0 Å². The number of nitrogens with zero attached hydrogens (tertiary/aromatic N) is 2. The molecule has 0 aromatic heterocycles. The highest BCUT2D eigenvalue weighted by atomic mass is 35.5. The Morgan fingerprint density at radius 1 is 1.22 bits per heavy atom. The van der Waals surface area contributed by atoms with Crippen LogP contribution in [0.15, 0.2) is 18.2 Å². The van der Waals surface area contributed by atoms with Gasteiger partial charge in [0.25, 0.3) is 5.91 Å². The lowest BCUT2D eigenvalue weighted by Crippen LogP contribution is -2.54. The summed E-state index contributed by atoms with van der Waals surface area (Å²) >= 11 is 7.44. The maximum atomic E-state index is 13.2. The SMILES string of the molecule is O=C(c1ccc(F)c(Cl)c1)N1CCN(C(=O)C2CSCN2)CC1. The van der Waals surface area contributed by atoms with Crippen LogP contribution in [0.2, 0.25) is 5.02 Å². The van der Waals surface area contributed by atoms with E-state index in [2.05, 4.69) is 5.32 Å². The number of piperazine rings is 1. The number of nitrogens with one attached hydrogen (secondary N) is 1. The zero-order valence-electron chi connectivity index (χ0n) is 12.4. The number of hydrogen-bond acceptors (Lipinski definition) is 4. The Kier molecular flexibility index (Phi) is 5.08. The molecule has 124 valence electrons. The first kappa shape index (κ1) is 16.5. The summed E-state index contributed by atoms with van der Waals surface area (Å²) in [6.45, 7) is 1.98. The number of amides is 2. The van der Waals surface area contributed by atoms with E-state index in [-0.39, 0.29) is 22.9 Å². The van der Waals surface area contributed by atoms with E-state index in [1.807, 2.05) is 0 Å². The Balaban J connectivity index is 1.58. The van der Waals surface area contributed by atoms with Crippen LogP contribution in [0.1, 0.15) is 10.4 Å². The molecule has 1 N–H and O–H groups in total. The van der Waals surface area contributed by atoms with Crippen LogP contribution in [0.5, 0.6) is 0 Å². The average molecular weight is 358 g/mol. The molecule has 0 spiro atoms. The number of rotatable bonds is 2. The van der Waals surface area contributed by atoms with Crippen LogP contribution in [-0.2, 0) is 4.79 Å². The largest absolute Gasteiger partial charge is 0.338 e. The van der Waals surface area contributed by atoms with Crippen molar-refractivity contribution in [3.8, 4) is 0 Å². The summed E-state index contributed by atoms with van der Waals surface area (Å²) in [5.74, 6) is 0.979. The van der Waals surface area contributed by atoms with Crippen molar-refractivity contribution in [1.82, 2.24) is 15.1 Å². The van der Waals surface area contributed by atoms with Gasteiger partial charge in [-0.05, 0) is 18.2 Å². The second kappa shape index (κ2) is 7.07. The molecule has 2 aliphatic heterocycles. The molecule has 23 heavy (non-hydrogen) atoms. The second-order valence-electron chi connectivity index (χ2n) is 5.52. The van der Waals surface area contributed by atoms with E-state index in [4.69, 9.17) is 11.6 Å². The van der Waals surface area contributed by atoms with Crippen molar-refractivity contribution in [3.63, 3.8) is 0 Å². The third-order valence-electron chi connectivity index (χ3n) is 4.06. The van der Waals surface area contributed by atoms with Gasteiger partial charge >= 0.3 is 0 Å². The molecule has 8 heteroatoms. The molecular weight excluding hydrogens is 341 g/mol. The number of halogens is 2. The minimum atomic E-state index is -0.541. The van der Waals surface area contributed by atoms with Gasteiger partial charge in [0.1, 0.15) is 5.82 Å². The van der Waals surface area contributed by atoms with Crippen molar-refractivity contribution in [3.05, 3.63) is 34.6 Å². The van der Waals surface area contributed by atoms with Crippen LogP contribution in [0, 0.1) is 5.82 Å². The van der Waals surface area contributed by atoms with Crippen LogP contribution < -0.4 is 5.32 Å². The van der Waals surface area contributed by atoms with Crippen LogP contribution in [0.3, 0.4) is 0 Å². The summed E-state index contributed by atoms with van der Waals surface area (Å²) in [6.07, 6.45) is 0. The number of carbonyl (C=O) groups excluding carboxylic acids is 2. The molecule has 2 fully saturated rings. The molecule has 3 rings (SSSR count). The summed E-state index contributed by atoms with van der Waals surface area (Å²) in [6, 6.07) is 3.86. The molecule has 0 radical (unpaired) electrons. The Labute approximate surface area is 143 Å². The molecule has 1 aromatic rings. The number of thioether (sulfide) groups is 1. The van der Waals surface area contributed by atoms with Gasteiger partial charge < -0.3 is 9.80 Å². The van der Waals surface area contributed by atoms with Gasteiger partial charge in [-0.3, -0.25) is 14.9 Å². The third-order valence-corrected chi connectivity index (χ3v) is 5.29. The fourth-order valence-corrected chi connectivity index (χ4v) is 3.83. The lowest BCUT2D eigenvalue weighted by Gasteiger charge is -2.36. The molecule has 2 aliphatic rings. The lowest BCUT2D eigenvalue weighted by molar-refractivity contribution is -0.134. The molecule has 0 bridgehead atoms. The smallest absolute Gasteiger partial charge is 0.254 e. The normalized spacial score (nSPS) is 21.6. The van der Waals surface area contributed by atoms with Crippen LogP contribution in [0.25, 0.3) is 0 Å². The van der Waals surface area contributed by atoms with Gasteiger partial charge in [0.2, 0.25) is 5.91 Å². The molecular formula is C15H17ClFN3O2S. The highest BCUT2D eigenvalue weighted by Gasteiger charge is 2.30. The number of carbonyl (C=O) groups is 2. The van der Waals surface area contributed by atoms with Crippen LogP contribution in [-0.4, -0.2) is 65.5 Å². The second-order valence-corrected chi connectivity index (χ2v) is 6.96. The minimum Gasteiger partial charge on any atom is -0.338 e. The van der Waals surface area contributed by atoms with Crippen molar-refractivity contribution >= 4 is 35.2 Å². The maximum absolute atomic E-state index is 13.2. The van der Waals surface area contributed by atoms with Gasteiger partial charge in [-0.2, -0.15) is 0 Å². The zero-order valence-corrected chi connectivity index (χ0v) is 14.0. The van der Waals surface area contributed by atoms with Crippen molar-refractivity contribution < 1.29 is 14.0 Å². The summed E-state index contributed by atoms with van der Waals surface area (Å²) in [5.41, 5.74) is 0.366. The Morgan fingerprint density at radius 2 is 1.91 bits per heavy atom. The summed E-state index contributed by atoms with van der Waals surface area (Å²) in [4.78, 5) is 28.2. The van der Waals surface area contributed by atoms with E-state index in [1.165, 1.54) is 18.2 Å². The van der Waals surface area contributed by atoms with E-state index in [1.54, 1.807) is 21.6 Å². The Bertz CT molecular complexity index is 617. The van der Waals surface area contributed by atoms with Crippen molar-refractivity contribution in [2.45, 2.75) is 6.04 Å². The molecule has 2 amide bonds. The predicted molar refractivity (Wildman–Crippen MR) is 88.1 cm³/mol. The van der Waals surface area contributed by atoms with E-state index in [0.717, 1.165) is 11.6 Å². The van der Waals surface area contributed by atoms with Gasteiger partial charge in [0, 0.05) is 43.4 Å². The molecule has 1 atom stereocenters. The van der Waals surface area contributed by atoms with E-state index in [0.29, 0.717) is 31.7 Å². The highest BCUT2D eigenvalue weighted by Crippen LogP contribution is 2.18. The first-order valence-corrected chi connectivity index (χ1v) is 8.94. The first-order chi connectivity index (χ1) is 11.1. The molecule has 2 saturated heterocycles. The molecule has 5 nitrogen and oxygen atoms in total. The standard InChI is InChI=1S/C15H17ClFN3O2S/c16-11-7-10(1-2-12(11)17)14(21)19-3-5-20(6-4-19)15(22)13-8-23-9-18-13/h1-2,7,13,18H,3-6,8-9H2. The Morgan fingerprint density at radius 3 is 2.52 bits per heavy atom. The monoisotopic (exact) mass is 357 g/mol. The summed E-state index contributed by atoms with van der Waals surface area (Å²) < 4.78 is 13.2.